The predicted octanol–water partition coefficient (Wildman–Crippen LogP) is 3.80. The van der Waals surface area contributed by atoms with E-state index in [1.807, 2.05) is 6.07 Å². The highest BCUT2D eigenvalue weighted by Gasteiger charge is 2.01. The van der Waals surface area contributed by atoms with Crippen LogP contribution in [0, 0.1) is 5.82 Å². The van der Waals surface area contributed by atoms with E-state index >= 15 is 0 Å². The van der Waals surface area contributed by atoms with Crippen LogP contribution in [-0.2, 0) is 6.61 Å². The van der Waals surface area contributed by atoms with Gasteiger partial charge in [-0.15, -0.1) is 0 Å². The first kappa shape index (κ1) is 14.0. The minimum absolute atomic E-state index is 0.294. The Morgan fingerprint density at radius 3 is 2.47 bits per heavy atom. The number of nitrogens with two attached hydrogens (primary N) is 1. The number of halogens is 2. The summed E-state index contributed by atoms with van der Waals surface area (Å²) in [6, 6.07) is 11.8. The van der Waals surface area contributed by atoms with Gasteiger partial charge in [0.25, 0.3) is 0 Å². The largest absolute Gasteiger partial charge is 0.489 e. The molecule has 0 fully saturated rings. The van der Waals surface area contributed by atoms with Crippen molar-refractivity contribution in [3.8, 4) is 5.75 Å². The molecule has 2 rings (SSSR count). The van der Waals surface area contributed by atoms with Gasteiger partial charge >= 0.3 is 0 Å². The van der Waals surface area contributed by atoms with E-state index in [0.717, 1.165) is 11.1 Å². The average Bonchev–Trinajstić information content (AvgIpc) is 2.36. The van der Waals surface area contributed by atoms with Crippen LogP contribution < -0.4 is 10.5 Å². The van der Waals surface area contributed by atoms with Gasteiger partial charge < -0.3 is 10.5 Å². The summed E-state index contributed by atoms with van der Waals surface area (Å²) < 4.78 is 19.4. The Morgan fingerprint density at radius 1 is 1.21 bits per heavy atom. The zero-order chi connectivity index (χ0) is 13.8. The molecule has 19 heavy (non-hydrogen) atoms. The van der Waals surface area contributed by atoms with E-state index in [0.29, 0.717) is 21.8 Å². The standard InChI is InChI=1S/C14H11BrFNOS/c15-11-5-9(6-12(16)7-11)8-18-13-3-1-10(2-4-13)14(17)19/h1-7H,8H2,(H2,17,19). The molecule has 2 aromatic rings. The number of hydrogen-bond acceptors (Lipinski definition) is 2. The lowest BCUT2D eigenvalue weighted by atomic mass is 10.2. The second-order valence-corrected chi connectivity index (χ2v) is 5.31. The van der Waals surface area contributed by atoms with E-state index in [1.165, 1.54) is 12.1 Å². The average molecular weight is 340 g/mol. The van der Waals surface area contributed by atoms with Crippen molar-refractivity contribution in [2.24, 2.45) is 5.73 Å². The highest BCUT2D eigenvalue weighted by molar-refractivity contribution is 9.10. The van der Waals surface area contributed by atoms with Crippen molar-refractivity contribution in [1.82, 2.24) is 0 Å². The molecule has 0 aromatic heterocycles. The molecule has 0 saturated heterocycles. The van der Waals surface area contributed by atoms with Crippen LogP contribution in [0.2, 0.25) is 0 Å². The van der Waals surface area contributed by atoms with Crippen LogP contribution in [0.15, 0.2) is 46.9 Å². The second-order valence-electron chi connectivity index (χ2n) is 3.96. The van der Waals surface area contributed by atoms with Gasteiger partial charge in [-0.05, 0) is 48.0 Å². The van der Waals surface area contributed by atoms with Crippen LogP contribution in [0.1, 0.15) is 11.1 Å². The molecule has 0 radical (unpaired) electrons. The summed E-state index contributed by atoms with van der Waals surface area (Å²) in [5, 5.41) is 0. The van der Waals surface area contributed by atoms with E-state index in [2.05, 4.69) is 15.9 Å². The Hall–Kier alpha value is -1.46. The topological polar surface area (TPSA) is 35.2 Å². The first-order chi connectivity index (χ1) is 9.04. The second kappa shape index (κ2) is 6.12. The molecule has 0 spiro atoms. The highest BCUT2D eigenvalue weighted by atomic mass is 79.9. The van der Waals surface area contributed by atoms with Gasteiger partial charge in [0.2, 0.25) is 0 Å². The van der Waals surface area contributed by atoms with Gasteiger partial charge in [-0.3, -0.25) is 0 Å². The summed E-state index contributed by atoms with van der Waals surface area (Å²) in [6.07, 6.45) is 0. The summed E-state index contributed by atoms with van der Waals surface area (Å²) >= 11 is 8.11. The monoisotopic (exact) mass is 339 g/mol. The number of ether oxygens (including phenoxy) is 1. The highest BCUT2D eigenvalue weighted by Crippen LogP contribution is 2.18. The normalized spacial score (nSPS) is 10.2. The van der Waals surface area contributed by atoms with E-state index in [9.17, 15) is 4.39 Å². The van der Waals surface area contributed by atoms with Crippen LogP contribution in [0.4, 0.5) is 4.39 Å². The third-order valence-electron chi connectivity index (χ3n) is 2.47. The molecule has 2 aromatic carbocycles. The first-order valence-corrected chi connectivity index (χ1v) is 6.72. The fourth-order valence-electron chi connectivity index (χ4n) is 1.58. The summed E-state index contributed by atoms with van der Waals surface area (Å²) in [5.41, 5.74) is 7.05. The van der Waals surface area contributed by atoms with E-state index in [1.54, 1.807) is 24.3 Å². The lowest BCUT2D eigenvalue weighted by molar-refractivity contribution is 0.305. The van der Waals surface area contributed by atoms with E-state index in [4.69, 9.17) is 22.7 Å². The van der Waals surface area contributed by atoms with Gasteiger partial charge in [0.1, 0.15) is 23.2 Å². The van der Waals surface area contributed by atoms with Crippen LogP contribution in [-0.4, -0.2) is 4.99 Å². The lowest BCUT2D eigenvalue weighted by Crippen LogP contribution is -2.08. The molecular weight excluding hydrogens is 329 g/mol. The zero-order valence-electron chi connectivity index (χ0n) is 9.90. The van der Waals surface area contributed by atoms with Crippen molar-refractivity contribution >= 4 is 33.1 Å². The molecule has 0 saturated carbocycles. The summed E-state index contributed by atoms with van der Waals surface area (Å²) in [7, 11) is 0. The van der Waals surface area contributed by atoms with Gasteiger partial charge in [-0.2, -0.15) is 0 Å². The Morgan fingerprint density at radius 2 is 1.89 bits per heavy atom. The molecule has 0 aliphatic rings. The minimum atomic E-state index is -0.295. The number of hydrogen-bond donors (Lipinski definition) is 1. The Labute approximate surface area is 124 Å². The molecule has 2 N–H and O–H groups in total. The summed E-state index contributed by atoms with van der Waals surface area (Å²) in [5.74, 6) is 0.386. The molecule has 0 aliphatic heterocycles. The molecule has 0 atom stereocenters. The van der Waals surface area contributed by atoms with Gasteiger partial charge in [0.15, 0.2) is 0 Å². The van der Waals surface area contributed by atoms with Crippen LogP contribution in [0.5, 0.6) is 5.75 Å². The molecule has 0 unspecified atom stereocenters. The third kappa shape index (κ3) is 4.01. The summed E-state index contributed by atoms with van der Waals surface area (Å²) in [6.45, 7) is 0.294. The number of rotatable bonds is 4. The van der Waals surface area contributed by atoms with Crippen LogP contribution in [0.25, 0.3) is 0 Å². The van der Waals surface area contributed by atoms with Crippen LogP contribution >= 0.6 is 28.1 Å². The summed E-state index contributed by atoms with van der Waals surface area (Å²) in [4.78, 5) is 0.348. The van der Waals surface area contributed by atoms with Gasteiger partial charge in [-0.1, -0.05) is 28.1 Å². The van der Waals surface area contributed by atoms with Gasteiger partial charge in [-0.25, -0.2) is 4.39 Å². The SMILES string of the molecule is NC(=S)c1ccc(OCc2cc(F)cc(Br)c2)cc1. The maximum absolute atomic E-state index is 13.2. The molecule has 0 amide bonds. The fourth-order valence-corrected chi connectivity index (χ4v) is 2.23. The molecule has 2 nitrogen and oxygen atoms in total. The molecule has 5 heteroatoms. The van der Waals surface area contributed by atoms with Gasteiger partial charge in [0, 0.05) is 10.0 Å². The fraction of sp³-hybridized carbons (Fsp3) is 0.0714. The molecular formula is C14H11BrFNOS. The van der Waals surface area contributed by atoms with Crippen molar-refractivity contribution in [3.05, 3.63) is 63.9 Å². The Bertz CT molecular complexity index is 581. The van der Waals surface area contributed by atoms with Crippen LogP contribution in [0.3, 0.4) is 0 Å². The lowest BCUT2D eigenvalue weighted by Gasteiger charge is -2.07. The predicted molar refractivity (Wildman–Crippen MR) is 80.8 cm³/mol. The number of thiocarbonyl (C=S) groups is 1. The quantitative estimate of drug-likeness (QED) is 0.860. The third-order valence-corrected chi connectivity index (χ3v) is 3.16. The number of benzene rings is 2. The minimum Gasteiger partial charge on any atom is -0.489 e. The molecule has 0 aliphatic carbocycles. The zero-order valence-corrected chi connectivity index (χ0v) is 12.3. The van der Waals surface area contributed by atoms with Crippen molar-refractivity contribution < 1.29 is 9.13 Å². The van der Waals surface area contributed by atoms with Crippen molar-refractivity contribution in [1.29, 1.82) is 0 Å². The molecule has 0 bridgehead atoms. The Balaban J connectivity index is 2.03. The van der Waals surface area contributed by atoms with Crippen molar-refractivity contribution in [2.75, 3.05) is 0 Å². The maximum Gasteiger partial charge on any atom is 0.124 e. The molecule has 0 heterocycles. The van der Waals surface area contributed by atoms with E-state index < -0.39 is 0 Å². The van der Waals surface area contributed by atoms with E-state index in [-0.39, 0.29) is 5.82 Å². The molecule has 98 valence electrons. The van der Waals surface area contributed by atoms with Gasteiger partial charge in [0.05, 0.1) is 0 Å². The smallest absolute Gasteiger partial charge is 0.124 e. The maximum atomic E-state index is 13.2. The van der Waals surface area contributed by atoms with Crippen molar-refractivity contribution in [2.45, 2.75) is 6.61 Å². The van der Waals surface area contributed by atoms with Crippen molar-refractivity contribution in [3.63, 3.8) is 0 Å². The first-order valence-electron chi connectivity index (χ1n) is 5.52. The Kier molecular flexibility index (Phi) is 4.50.